The van der Waals surface area contributed by atoms with Crippen molar-refractivity contribution in [2.75, 3.05) is 19.5 Å². The second-order valence-corrected chi connectivity index (χ2v) is 6.14. The third kappa shape index (κ3) is 2.60. The smallest absolute Gasteiger partial charge is 0.255 e. The monoisotopic (exact) mass is 333 g/mol. The van der Waals surface area contributed by atoms with Gasteiger partial charge in [-0.25, -0.2) is 0 Å². The maximum Gasteiger partial charge on any atom is 0.255 e. The topological polar surface area (TPSA) is 47.6 Å². The Labute approximate surface area is 146 Å². The average Bonchev–Trinajstić information content (AvgIpc) is 3.08. The molecule has 4 heteroatoms. The molecule has 0 aromatic heterocycles. The van der Waals surface area contributed by atoms with Gasteiger partial charge in [-0.3, -0.25) is 4.79 Å². The van der Waals surface area contributed by atoms with Crippen molar-refractivity contribution in [2.24, 2.45) is 0 Å². The molecule has 3 aromatic rings. The van der Waals surface area contributed by atoms with Gasteiger partial charge in [0.15, 0.2) is 0 Å². The lowest BCUT2D eigenvalue weighted by Gasteiger charge is -2.15. The van der Waals surface area contributed by atoms with Crippen LogP contribution < -0.4 is 14.8 Å². The first kappa shape index (κ1) is 15.5. The zero-order valence-electron chi connectivity index (χ0n) is 14.3. The molecule has 1 aliphatic carbocycles. The zero-order valence-corrected chi connectivity index (χ0v) is 14.3. The number of aryl methyl sites for hydroxylation is 2. The van der Waals surface area contributed by atoms with Gasteiger partial charge >= 0.3 is 0 Å². The zero-order chi connectivity index (χ0) is 17.4. The van der Waals surface area contributed by atoms with Gasteiger partial charge in [-0.15, -0.1) is 0 Å². The van der Waals surface area contributed by atoms with Crippen LogP contribution in [0.4, 0.5) is 5.69 Å². The van der Waals surface area contributed by atoms with Crippen molar-refractivity contribution in [1.29, 1.82) is 0 Å². The largest absolute Gasteiger partial charge is 0.497 e. The molecule has 1 amide bonds. The molecule has 3 aromatic carbocycles. The number of methoxy groups -OCH3 is 2. The Hall–Kier alpha value is -3.01. The van der Waals surface area contributed by atoms with E-state index in [4.69, 9.17) is 9.47 Å². The Balaban J connectivity index is 1.77. The van der Waals surface area contributed by atoms with Gasteiger partial charge < -0.3 is 14.8 Å². The molecule has 4 nitrogen and oxygen atoms in total. The minimum absolute atomic E-state index is 0.167. The van der Waals surface area contributed by atoms with Crippen molar-refractivity contribution in [3.8, 4) is 11.5 Å². The summed E-state index contributed by atoms with van der Waals surface area (Å²) >= 11 is 0. The number of nitrogens with one attached hydrogen (secondary N) is 1. The van der Waals surface area contributed by atoms with Crippen LogP contribution in [0, 0.1) is 0 Å². The van der Waals surface area contributed by atoms with Gasteiger partial charge in [0.05, 0.1) is 19.9 Å². The average molecular weight is 333 g/mol. The number of ether oxygens (including phenoxy) is 2. The molecular formula is C21H19NO3. The first-order valence-electron chi connectivity index (χ1n) is 8.28. The lowest BCUT2D eigenvalue weighted by Crippen LogP contribution is -2.13. The normalized spacial score (nSPS) is 12.2. The fourth-order valence-electron chi connectivity index (χ4n) is 3.52. The second-order valence-electron chi connectivity index (χ2n) is 6.14. The van der Waals surface area contributed by atoms with Gasteiger partial charge in [-0.05, 0) is 59.7 Å². The highest BCUT2D eigenvalue weighted by Gasteiger charge is 2.21. The Morgan fingerprint density at radius 3 is 2.44 bits per heavy atom. The molecule has 0 spiro atoms. The van der Waals surface area contributed by atoms with E-state index in [9.17, 15) is 4.79 Å². The van der Waals surface area contributed by atoms with Crippen molar-refractivity contribution in [3.05, 3.63) is 65.2 Å². The lowest BCUT2D eigenvalue weighted by molar-refractivity contribution is 0.102. The Morgan fingerprint density at radius 2 is 1.72 bits per heavy atom. The van der Waals surface area contributed by atoms with Crippen LogP contribution in [0.25, 0.3) is 10.8 Å². The predicted octanol–water partition coefficient (Wildman–Crippen LogP) is 4.21. The SMILES string of the molecule is COc1ccc(C(=O)Nc2c(OC)cc3c4c(cccc24)CC3)cc1. The van der Waals surface area contributed by atoms with Gasteiger partial charge in [0.25, 0.3) is 5.91 Å². The predicted molar refractivity (Wildman–Crippen MR) is 98.9 cm³/mol. The van der Waals surface area contributed by atoms with E-state index in [1.165, 1.54) is 16.5 Å². The number of carbonyl (C=O) groups is 1. The number of rotatable bonds is 4. The minimum Gasteiger partial charge on any atom is -0.497 e. The molecule has 0 bridgehead atoms. The van der Waals surface area contributed by atoms with Crippen LogP contribution in [0.1, 0.15) is 21.5 Å². The van der Waals surface area contributed by atoms with E-state index in [2.05, 4.69) is 11.4 Å². The number of benzene rings is 3. The molecule has 126 valence electrons. The molecule has 0 radical (unpaired) electrons. The van der Waals surface area contributed by atoms with Crippen LogP contribution in [0.15, 0.2) is 48.5 Å². The third-order valence-electron chi connectivity index (χ3n) is 4.77. The number of amides is 1. The summed E-state index contributed by atoms with van der Waals surface area (Å²) < 4.78 is 10.7. The van der Waals surface area contributed by atoms with Gasteiger partial charge in [0.2, 0.25) is 0 Å². The van der Waals surface area contributed by atoms with Crippen molar-refractivity contribution in [2.45, 2.75) is 12.8 Å². The third-order valence-corrected chi connectivity index (χ3v) is 4.77. The Morgan fingerprint density at radius 1 is 0.960 bits per heavy atom. The molecule has 0 saturated carbocycles. The molecule has 4 rings (SSSR count). The van der Waals surface area contributed by atoms with Crippen LogP contribution >= 0.6 is 0 Å². The summed E-state index contributed by atoms with van der Waals surface area (Å²) in [6.45, 7) is 0. The quantitative estimate of drug-likeness (QED) is 0.778. The molecule has 0 unspecified atom stereocenters. The molecule has 25 heavy (non-hydrogen) atoms. The van der Waals surface area contributed by atoms with Crippen LogP contribution in [-0.2, 0) is 12.8 Å². The Kier molecular flexibility index (Phi) is 3.80. The van der Waals surface area contributed by atoms with E-state index in [1.807, 2.05) is 18.2 Å². The van der Waals surface area contributed by atoms with Crippen LogP contribution in [0.3, 0.4) is 0 Å². The highest BCUT2D eigenvalue weighted by molar-refractivity contribution is 6.12. The van der Waals surface area contributed by atoms with E-state index in [-0.39, 0.29) is 5.91 Å². The first-order chi connectivity index (χ1) is 12.2. The highest BCUT2D eigenvalue weighted by atomic mass is 16.5. The second kappa shape index (κ2) is 6.13. The molecule has 0 atom stereocenters. The van der Waals surface area contributed by atoms with E-state index < -0.39 is 0 Å². The maximum atomic E-state index is 12.7. The summed E-state index contributed by atoms with van der Waals surface area (Å²) in [6.07, 6.45) is 2.05. The van der Waals surface area contributed by atoms with Crippen LogP contribution in [0.5, 0.6) is 11.5 Å². The van der Waals surface area contributed by atoms with Crippen molar-refractivity contribution in [3.63, 3.8) is 0 Å². The molecule has 0 heterocycles. The molecule has 1 N–H and O–H groups in total. The fraction of sp³-hybridized carbons (Fsp3) is 0.190. The highest BCUT2D eigenvalue weighted by Crippen LogP contribution is 2.41. The number of hydrogen-bond donors (Lipinski definition) is 1. The maximum absolute atomic E-state index is 12.7. The minimum atomic E-state index is -0.167. The summed E-state index contributed by atoms with van der Waals surface area (Å²) in [4.78, 5) is 12.7. The fourth-order valence-corrected chi connectivity index (χ4v) is 3.52. The lowest BCUT2D eigenvalue weighted by atomic mass is 10.0. The summed E-state index contributed by atoms with van der Waals surface area (Å²) in [7, 11) is 3.24. The van der Waals surface area contributed by atoms with Crippen LogP contribution in [0.2, 0.25) is 0 Å². The van der Waals surface area contributed by atoms with E-state index >= 15 is 0 Å². The summed E-state index contributed by atoms with van der Waals surface area (Å²) in [5, 5.41) is 5.31. The van der Waals surface area contributed by atoms with Gasteiger partial charge in [0, 0.05) is 10.9 Å². The molecular weight excluding hydrogens is 314 g/mol. The summed E-state index contributed by atoms with van der Waals surface area (Å²) in [5.41, 5.74) is 3.91. The molecule has 0 aliphatic heterocycles. The first-order valence-corrected chi connectivity index (χ1v) is 8.28. The van der Waals surface area contributed by atoms with Crippen molar-refractivity contribution < 1.29 is 14.3 Å². The number of carbonyl (C=O) groups excluding carboxylic acids is 1. The van der Waals surface area contributed by atoms with Gasteiger partial charge in [-0.2, -0.15) is 0 Å². The van der Waals surface area contributed by atoms with Gasteiger partial charge in [0.1, 0.15) is 11.5 Å². The van der Waals surface area contributed by atoms with Crippen LogP contribution in [-0.4, -0.2) is 20.1 Å². The summed E-state index contributed by atoms with van der Waals surface area (Å²) in [6, 6.07) is 15.3. The molecule has 0 fully saturated rings. The standard InChI is InChI=1S/C21H19NO3/c1-24-16-10-8-14(9-11-16)21(23)22-20-17-5-3-4-13-6-7-15(19(13)17)12-18(20)25-2/h3-5,8-12H,6-7H2,1-2H3,(H,22,23). The number of anilines is 1. The summed E-state index contributed by atoms with van der Waals surface area (Å²) in [5.74, 6) is 1.25. The van der Waals surface area contributed by atoms with Crippen molar-refractivity contribution in [1.82, 2.24) is 0 Å². The van der Waals surface area contributed by atoms with E-state index in [0.717, 1.165) is 29.7 Å². The molecule has 1 aliphatic rings. The van der Waals surface area contributed by atoms with E-state index in [1.54, 1.807) is 38.5 Å². The molecule has 0 saturated heterocycles. The van der Waals surface area contributed by atoms with E-state index in [0.29, 0.717) is 11.3 Å². The number of hydrogen-bond acceptors (Lipinski definition) is 3. The van der Waals surface area contributed by atoms with Crippen molar-refractivity contribution >= 4 is 22.4 Å². The Bertz CT molecular complexity index is 961. The van der Waals surface area contributed by atoms with Gasteiger partial charge in [-0.1, -0.05) is 18.2 Å².